The fraction of sp³-hybridized carbons (Fsp3) is 0.425. The van der Waals surface area contributed by atoms with E-state index in [9.17, 15) is 24.0 Å². The van der Waals surface area contributed by atoms with E-state index in [1.54, 1.807) is 41.5 Å². The monoisotopic (exact) mass is 827 g/mol. The van der Waals surface area contributed by atoms with Gasteiger partial charge in [0.1, 0.15) is 34.3 Å². The zero-order valence-electron chi connectivity index (χ0n) is 33.4. The highest BCUT2D eigenvalue weighted by molar-refractivity contribution is 7.14. The number of fused-ring (bicyclic) bond motifs is 1. The van der Waals surface area contributed by atoms with Gasteiger partial charge in [0.2, 0.25) is 11.5 Å². The summed E-state index contributed by atoms with van der Waals surface area (Å²) in [6, 6.07) is 16.9. The first-order valence-corrected chi connectivity index (χ1v) is 19.9. The Bertz CT molecular complexity index is 2200. The lowest BCUT2D eigenvalue weighted by Gasteiger charge is -2.36. The Morgan fingerprint density at radius 3 is 2.05 bits per heavy atom. The lowest BCUT2D eigenvalue weighted by atomic mass is 9.98. The molecule has 0 bridgehead atoms. The third-order valence-electron chi connectivity index (χ3n) is 9.18. The van der Waals surface area contributed by atoms with Gasteiger partial charge in [0.15, 0.2) is 16.9 Å². The highest BCUT2D eigenvalue weighted by Crippen LogP contribution is 2.43. The summed E-state index contributed by atoms with van der Waals surface area (Å²) >= 11 is 1.00. The molecule has 7 rings (SSSR count). The van der Waals surface area contributed by atoms with Crippen LogP contribution < -0.4 is 16.0 Å². The number of amides is 4. The minimum absolute atomic E-state index is 0.00478. The number of oxime groups is 1. The summed E-state index contributed by atoms with van der Waals surface area (Å²) in [5.41, 5.74) is -0.551. The second-order valence-corrected chi connectivity index (χ2v) is 17.2. The molecule has 2 atom stereocenters. The number of carbonyl (C=O) groups is 5. The van der Waals surface area contributed by atoms with Gasteiger partial charge in [-0.1, -0.05) is 65.8 Å². The summed E-state index contributed by atoms with van der Waals surface area (Å²) in [6.45, 7) is 11.0. The number of nitrogens with one attached hydrogen (secondary N) is 3. The van der Waals surface area contributed by atoms with Gasteiger partial charge in [-0.3, -0.25) is 19.8 Å². The van der Waals surface area contributed by atoms with Crippen molar-refractivity contribution in [2.75, 3.05) is 5.32 Å². The second-order valence-electron chi connectivity index (χ2n) is 16.3. The van der Waals surface area contributed by atoms with Crippen LogP contribution >= 0.6 is 11.3 Å². The van der Waals surface area contributed by atoms with Crippen molar-refractivity contribution < 1.29 is 43.0 Å². The Hall–Kier alpha value is -6.37. The van der Waals surface area contributed by atoms with Crippen LogP contribution in [0.25, 0.3) is 0 Å². The average Bonchev–Trinajstić information content (AvgIpc) is 3.42. The fourth-order valence-corrected chi connectivity index (χ4v) is 6.86. The van der Waals surface area contributed by atoms with E-state index in [4.69, 9.17) is 19.0 Å². The molecule has 3 N–H and O–H groups in total. The zero-order valence-corrected chi connectivity index (χ0v) is 34.2. The topological polar surface area (TPSA) is 218 Å². The van der Waals surface area contributed by atoms with Crippen LogP contribution in [0.5, 0.6) is 0 Å². The molecule has 4 aromatic rings. The number of nitrogens with zero attached hydrogens (tertiary/aromatic N) is 6. The van der Waals surface area contributed by atoms with Gasteiger partial charge in [0.25, 0.3) is 5.91 Å². The summed E-state index contributed by atoms with van der Waals surface area (Å²) in [6.07, 6.45) is -1.42. The first-order chi connectivity index (χ1) is 27.9. The number of esters is 1. The van der Waals surface area contributed by atoms with Crippen molar-refractivity contribution >= 4 is 52.2 Å². The van der Waals surface area contributed by atoms with E-state index in [2.05, 4.69) is 36.3 Å². The molecule has 1 saturated heterocycles. The predicted molar refractivity (Wildman–Crippen MR) is 212 cm³/mol. The smallest absolute Gasteiger partial charge is 0.413 e. The van der Waals surface area contributed by atoms with E-state index in [-0.39, 0.29) is 49.0 Å². The number of hydrogen-bond acceptors (Lipinski definition) is 14. The van der Waals surface area contributed by atoms with Crippen LogP contribution in [-0.2, 0) is 53.1 Å². The van der Waals surface area contributed by atoms with E-state index in [0.717, 1.165) is 22.5 Å². The molecular formula is C40H45N9O9S. The molecule has 2 aromatic heterocycles. The van der Waals surface area contributed by atoms with Crippen molar-refractivity contribution in [3.8, 4) is 0 Å². The van der Waals surface area contributed by atoms with Crippen LogP contribution in [-0.4, -0.2) is 89.4 Å². The van der Waals surface area contributed by atoms with Gasteiger partial charge in [0, 0.05) is 18.2 Å². The van der Waals surface area contributed by atoms with Crippen LogP contribution in [0.4, 0.5) is 14.7 Å². The standard InChI is InChI=1S/C40H45N9O9S/c1-38(2,3)56-36(53)44-35-42-28(22-59-35)30(47-58-40(17-18-40)34(52)55-31(23-13-9-7-10-14-23)24-15-11-8-12-16-24)33(51)43-29-27(41-32(29)50)21-49-45-25-19-48(20-26(25)46-49)37(54)57-39(4,5)6/h7-16,22,27,29,31H,17-21H2,1-6H3,(H,41,50)(H,43,51)(H,42,44,53)/b47-30+/t27-,29+/m1/s1. The maximum atomic E-state index is 14.0. The van der Waals surface area contributed by atoms with Crippen LogP contribution in [0.2, 0.25) is 0 Å². The van der Waals surface area contributed by atoms with Crippen LogP contribution in [0, 0.1) is 0 Å². The number of thiazole rings is 1. The molecule has 2 fully saturated rings. The number of ether oxygens (including phenoxy) is 3. The zero-order chi connectivity index (χ0) is 42.1. The SMILES string of the molecule is CC(C)(C)OC(=O)Nc1nc(/C(=N\OC2(C(=O)OC(c3ccccc3)c3ccccc3)CC2)C(=O)N[C@@H]2C(=O)N[C@@H]2Cn2nc3c(n2)CN(C(=O)OC(C)(C)C)C3)cs1. The molecule has 2 aromatic carbocycles. The van der Waals surface area contributed by atoms with E-state index < -0.39 is 65.0 Å². The largest absolute Gasteiger partial charge is 0.450 e. The van der Waals surface area contributed by atoms with Crippen molar-refractivity contribution in [3.63, 3.8) is 0 Å². The molecule has 2 aliphatic heterocycles. The predicted octanol–water partition coefficient (Wildman–Crippen LogP) is 4.60. The number of β-lactam (4-membered cyclic amide) rings is 1. The van der Waals surface area contributed by atoms with Crippen molar-refractivity contribution in [1.82, 2.24) is 35.5 Å². The van der Waals surface area contributed by atoms with Crippen LogP contribution in [0.15, 0.2) is 71.2 Å². The second kappa shape index (κ2) is 16.1. The highest BCUT2D eigenvalue weighted by atomic mass is 32.1. The number of anilines is 1. The van der Waals surface area contributed by atoms with Crippen molar-refractivity contribution in [2.45, 2.75) is 109 Å². The molecule has 310 valence electrons. The van der Waals surface area contributed by atoms with Crippen LogP contribution in [0.3, 0.4) is 0 Å². The number of rotatable bonds is 12. The Morgan fingerprint density at radius 1 is 0.915 bits per heavy atom. The first kappa shape index (κ1) is 40.8. The van der Waals surface area contributed by atoms with Gasteiger partial charge in [-0.15, -0.1) is 11.3 Å². The lowest BCUT2D eigenvalue weighted by molar-refractivity contribution is -0.164. The van der Waals surface area contributed by atoms with E-state index in [1.165, 1.54) is 15.1 Å². The third kappa shape index (κ3) is 9.85. The highest BCUT2D eigenvalue weighted by Gasteiger charge is 2.56. The van der Waals surface area contributed by atoms with Crippen molar-refractivity contribution in [3.05, 3.63) is 94.3 Å². The quantitative estimate of drug-likeness (QED) is 0.0587. The van der Waals surface area contributed by atoms with Gasteiger partial charge < -0.3 is 29.7 Å². The maximum Gasteiger partial charge on any atom is 0.413 e. The van der Waals surface area contributed by atoms with Gasteiger partial charge in [-0.05, 0) is 52.7 Å². The summed E-state index contributed by atoms with van der Waals surface area (Å²) in [5.74, 6) is -1.96. The van der Waals surface area contributed by atoms with Crippen LogP contribution in [0.1, 0.15) is 88.7 Å². The molecule has 18 nitrogen and oxygen atoms in total. The van der Waals surface area contributed by atoms with Gasteiger partial charge in [0.05, 0.1) is 25.7 Å². The minimum Gasteiger partial charge on any atom is -0.450 e. The van der Waals surface area contributed by atoms with E-state index in [0.29, 0.717) is 11.4 Å². The first-order valence-electron chi connectivity index (χ1n) is 19.0. The molecule has 1 aliphatic carbocycles. The Labute approximate surface area is 343 Å². The molecule has 59 heavy (non-hydrogen) atoms. The number of carbonyl (C=O) groups excluding carboxylic acids is 5. The summed E-state index contributed by atoms with van der Waals surface area (Å²) < 4.78 is 16.9. The van der Waals surface area contributed by atoms with Gasteiger partial charge >= 0.3 is 18.2 Å². The number of benzene rings is 2. The number of aromatic nitrogens is 4. The molecule has 0 radical (unpaired) electrons. The van der Waals surface area contributed by atoms with Gasteiger partial charge in [-0.2, -0.15) is 15.0 Å². The molecule has 3 aliphatic rings. The third-order valence-corrected chi connectivity index (χ3v) is 9.94. The minimum atomic E-state index is -1.48. The fourth-order valence-electron chi connectivity index (χ4n) is 6.18. The summed E-state index contributed by atoms with van der Waals surface area (Å²) in [7, 11) is 0. The van der Waals surface area contributed by atoms with E-state index in [1.807, 2.05) is 60.7 Å². The number of hydrogen-bond donors (Lipinski definition) is 3. The molecule has 19 heteroatoms. The normalized spacial score (nSPS) is 18.3. The Balaban J connectivity index is 1.07. The van der Waals surface area contributed by atoms with E-state index >= 15 is 0 Å². The van der Waals surface area contributed by atoms with Crippen molar-refractivity contribution in [2.24, 2.45) is 5.16 Å². The maximum absolute atomic E-state index is 14.0. The Kier molecular flexibility index (Phi) is 11.1. The molecule has 0 spiro atoms. The molecule has 4 amide bonds. The summed E-state index contributed by atoms with van der Waals surface area (Å²) in [4.78, 5) is 78.9. The molecule has 0 unspecified atom stereocenters. The molecule has 1 saturated carbocycles. The average molecular weight is 828 g/mol. The summed E-state index contributed by atoms with van der Waals surface area (Å²) in [5, 5.41) is 22.8. The van der Waals surface area contributed by atoms with Gasteiger partial charge in [-0.25, -0.2) is 19.4 Å². The molecule has 4 heterocycles. The van der Waals surface area contributed by atoms with Crippen molar-refractivity contribution in [1.29, 1.82) is 0 Å². The Morgan fingerprint density at radius 2 is 1.51 bits per heavy atom. The lowest BCUT2D eigenvalue weighted by Crippen LogP contribution is -2.70. The molecular weight excluding hydrogens is 783 g/mol.